The van der Waals surface area contributed by atoms with Crippen molar-refractivity contribution in [3.05, 3.63) is 27.9 Å². The van der Waals surface area contributed by atoms with E-state index in [1.165, 1.54) is 6.07 Å². The van der Waals surface area contributed by atoms with Gasteiger partial charge < -0.3 is 10.0 Å². The highest BCUT2D eigenvalue weighted by Crippen LogP contribution is 2.26. The monoisotopic (exact) mass is 262 g/mol. The van der Waals surface area contributed by atoms with Crippen molar-refractivity contribution in [3.8, 4) is 6.07 Å². The number of hydrogen-bond donors (Lipinski definition) is 1. The Morgan fingerprint density at radius 3 is 3.05 bits per heavy atom. The average Bonchev–Trinajstić information content (AvgIpc) is 2.87. The van der Waals surface area contributed by atoms with E-state index in [0.29, 0.717) is 11.7 Å². The Morgan fingerprint density at radius 2 is 2.42 bits per heavy atom. The number of aliphatic hydroxyl groups excluding tert-OH is 1. The lowest BCUT2D eigenvalue weighted by Gasteiger charge is -2.17. The molecule has 0 aromatic carbocycles. The van der Waals surface area contributed by atoms with Gasteiger partial charge in [0.15, 0.2) is 0 Å². The van der Waals surface area contributed by atoms with E-state index in [4.69, 9.17) is 10.4 Å². The average molecular weight is 262 g/mol. The van der Waals surface area contributed by atoms with Crippen LogP contribution in [0.15, 0.2) is 12.1 Å². The Morgan fingerprint density at radius 1 is 1.63 bits per heavy atom. The highest BCUT2D eigenvalue weighted by atomic mass is 16.6. The molecule has 1 aromatic rings. The minimum absolute atomic E-state index is 0.159. The van der Waals surface area contributed by atoms with E-state index in [-0.39, 0.29) is 18.0 Å². The van der Waals surface area contributed by atoms with Crippen molar-refractivity contribution in [1.82, 2.24) is 4.98 Å². The molecule has 1 atom stereocenters. The molecule has 2 heterocycles. The second-order valence-corrected chi connectivity index (χ2v) is 4.52. The lowest BCUT2D eigenvalue weighted by atomic mass is 10.1. The molecule has 1 N–H and O–H groups in total. The molecule has 0 aliphatic carbocycles. The van der Waals surface area contributed by atoms with Crippen LogP contribution < -0.4 is 4.90 Å². The first-order chi connectivity index (χ1) is 9.15. The lowest BCUT2D eigenvalue weighted by Crippen LogP contribution is -2.21. The number of rotatable bonds is 4. The Hall–Kier alpha value is -2.20. The van der Waals surface area contributed by atoms with E-state index in [9.17, 15) is 10.1 Å². The van der Waals surface area contributed by atoms with E-state index < -0.39 is 4.92 Å². The fraction of sp³-hybridized carbons (Fsp3) is 0.500. The summed E-state index contributed by atoms with van der Waals surface area (Å²) in [6.07, 6.45) is 1.70. The maximum Gasteiger partial charge on any atom is 0.305 e. The number of anilines is 1. The smallest absolute Gasteiger partial charge is 0.305 e. The van der Waals surface area contributed by atoms with E-state index in [0.717, 1.165) is 25.9 Å². The molecule has 0 saturated carbocycles. The number of nitro groups is 1. The quantitative estimate of drug-likeness (QED) is 0.643. The maximum absolute atomic E-state index is 10.7. The number of hydrogen-bond acceptors (Lipinski definition) is 6. The number of aliphatic hydroxyl groups is 1. The van der Waals surface area contributed by atoms with Crippen molar-refractivity contribution in [2.75, 3.05) is 24.6 Å². The molecule has 1 aliphatic rings. The maximum atomic E-state index is 10.7. The summed E-state index contributed by atoms with van der Waals surface area (Å²) in [7, 11) is 0. The van der Waals surface area contributed by atoms with Crippen LogP contribution in [0.5, 0.6) is 0 Å². The minimum atomic E-state index is -0.603. The Labute approximate surface area is 110 Å². The fourth-order valence-corrected chi connectivity index (χ4v) is 2.31. The summed E-state index contributed by atoms with van der Waals surface area (Å²) in [5.41, 5.74) is -0.425. The number of aromatic nitrogens is 1. The molecule has 0 bridgehead atoms. The van der Waals surface area contributed by atoms with Gasteiger partial charge in [0.05, 0.1) is 4.92 Å². The van der Waals surface area contributed by atoms with Crippen LogP contribution in [0.2, 0.25) is 0 Å². The van der Waals surface area contributed by atoms with E-state index in [1.807, 2.05) is 4.90 Å². The fourth-order valence-electron chi connectivity index (χ4n) is 2.31. The molecular formula is C12H14N4O3. The predicted octanol–water partition coefficient (Wildman–Crippen LogP) is 1.07. The largest absolute Gasteiger partial charge is 0.396 e. The van der Waals surface area contributed by atoms with Crippen LogP contribution >= 0.6 is 0 Å². The van der Waals surface area contributed by atoms with E-state index in [1.54, 1.807) is 12.1 Å². The van der Waals surface area contributed by atoms with Crippen molar-refractivity contribution in [1.29, 1.82) is 5.26 Å². The van der Waals surface area contributed by atoms with Gasteiger partial charge >= 0.3 is 5.69 Å². The molecule has 100 valence electrons. The molecule has 19 heavy (non-hydrogen) atoms. The van der Waals surface area contributed by atoms with Crippen molar-refractivity contribution >= 4 is 11.5 Å². The van der Waals surface area contributed by atoms with Gasteiger partial charge in [0, 0.05) is 25.8 Å². The third kappa shape index (κ3) is 2.80. The molecular weight excluding hydrogens is 248 g/mol. The molecule has 1 aliphatic heterocycles. The van der Waals surface area contributed by atoms with Crippen LogP contribution in [-0.2, 0) is 0 Å². The SMILES string of the molecule is N#Cc1nc(N2CCC(CCO)C2)ccc1[N+](=O)[O-]. The molecule has 0 spiro atoms. The zero-order valence-corrected chi connectivity index (χ0v) is 10.3. The molecule has 0 amide bonds. The number of nitriles is 1. The summed E-state index contributed by atoms with van der Waals surface area (Å²) < 4.78 is 0. The second-order valence-electron chi connectivity index (χ2n) is 4.52. The molecule has 2 rings (SSSR count). The van der Waals surface area contributed by atoms with Gasteiger partial charge in [0.1, 0.15) is 11.9 Å². The molecule has 1 saturated heterocycles. The molecule has 7 heteroatoms. The third-order valence-electron chi connectivity index (χ3n) is 3.31. The molecule has 1 unspecified atom stereocenters. The first-order valence-electron chi connectivity index (χ1n) is 6.07. The molecule has 1 aromatic heterocycles. The van der Waals surface area contributed by atoms with Crippen LogP contribution in [0.4, 0.5) is 11.5 Å². The van der Waals surface area contributed by atoms with Gasteiger partial charge in [-0.3, -0.25) is 10.1 Å². The lowest BCUT2D eigenvalue weighted by molar-refractivity contribution is -0.385. The normalized spacial score (nSPS) is 18.3. The minimum Gasteiger partial charge on any atom is -0.396 e. The standard InChI is InChI=1S/C12H14N4O3/c13-7-10-11(16(18)19)1-2-12(14-10)15-5-3-9(8-15)4-6-17/h1-2,9,17H,3-6,8H2. The van der Waals surface area contributed by atoms with Gasteiger partial charge in [-0.05, 0) is 24.8 Å². The van der Waals surface area contributed by atoms with Crippen molar-refractivity contribution in [2.45, 2.75) is 12.8 Å². The van der Waals surface area contributed by atoms with Gasteiger partial charge in [-0.25, -0.2) is 4.98 Å². The summed E-state index contributed by atoms with van der Waals surface area (Å²) >= 11 is 0. The first-order valence-corrected chi connectivity index (χ1v) is 6.07. The molecule has 7 nitrogen and oxygen atoms in total. The van der Waals surface area contributed by atoms with Crippen LogP contribution in [0, 0.1) is 27.4 Å². The molecule has 1 fully saturated rings. The summed E-state index contributed by atoms with van der Waals surface area (Å²) in [5.74, 6) is 0.995. The van der Waals surface area contributed by atoms with Gasteiger partial charge in [0.2, 0.25) is 5.69 Å². The predicted molar refractivity (Wildman–Crippen MR) is 67.6 cm³/mol. The second kappa shape index (κ2) is 5.63. The van der Waals surface area contributed by atoms with Gasteiger partial charge in [-0.1, -0.05) is 0 Å². The first kappa shape index (κ1) is 13.2. The Bertz CT molecular complexity index is 526. The number of nitrogens with zero attached hydrogens (tertiary/aromatic N) is 4. The number of pyridine rings is 1. The van der Waals surface area contributed by atoms with Crippen LogP contribution in [0.25, 0.3) is 0 Å². The Kier molecular flexibility index (Phi) is 3.92. The van der Waals surface area contributed by atoms with Gasteiger partial charge in [-0.2, -0.15) is 5.26 Å². The highest BCUT2D eigenvalue weighted by molar-refractivity contribution is 5.52. The van der Waals surface area contributed by atoms with Gasteiger partial charge in [-0.15, -0.1) is 0 Å². The topological polar surface area (TPSA) is 103 Å². The van der Waals surface area contributed by atoms with Crippen molar-refractivity contribution in [3.63, 3.8) is 0 Å². The van der Waals surface area contributed by atoms with E-state index >= 15 is 0 Å². The van der Waals surface area contributed by atoms with Crippen molar-refractivity contribution in [2.24, 2.45) is 5.92 Å². The van der Waals surface area contributed by atoms with E-state index in [2.05, 4.69) is 4.98 Å². The van der Waals surface area contributed by atoms with Gasteiger partial charge in [0.25, 0.3) is 0 Å². The molecule has 0 radical (unpaired) electrons. The summed E-state index contributed by atoms with van der Waals surface area (Å²) in [5, 5.41) is 28.5. The summed E-state index contributed by atoms with van der Waals surface area (Å²) in [6, 6.07) is 4.65. The zero-order chi connectivity index (χ0) is 13.8. The Balaban J connectivity index is 2.19. The van der Waals surface area contributed by atoms with Crippen molar-refractivity contribution < 1.29 is 10.0 Å². The highest BCUT2D eigenvalue weighted by Gasteiger charge is 2.25. The summed E-state index contributed by atoms with van der Waals surface area (Å²) in [4.78, 5) is 16.2. The van der Waals surface area contributed by atoms with Crippen LogP contribution in [0.1, 0.15) is 18.5 Å². The third-order valence-corrected chi connectivity index (χ3v) is 3.31. The van der Waals surface area contributed by atoms with Crippen LogP contribution in [0.3, 0.4) is 0 Å². The van der Waals surface area contributed by atoms with Crippen LogP contribution in [-0.4, -0.2) is 34.7 Å². The summed E-state index contributed by atoms with van der Waals surface area (Å²) in [6.45, 7) is 1.71. The zero-order valence-electron chi connectivity index (χ0n) is 10.3.